The molecule has 30 heavy (non-hydrogen) atoms. The summed E-state index contributed by atoms with van der Waals surface area (Å²) in [7, 11) is 0. The molecule has 2 unspecified atom stereocenters. The molecule has 0 radical (unpaired) electrons. The fraction of sp³-hybridized carbons (Fsp3) is 0.429. The molecule has 2 aromatic heterocycles. The molecule has 0 aliphatic carbocycles. The molecule has 2 amide bonds. The maximum atomic E-state index is 12.9. The molecular formula is C21H23F3N4O2. The summed E-state index contributed by atoms with van der Waals surface area (Å²) in [4.78, 5) is 34.6. The summed E-state index contributed by atoms with van der Waals surface area (Å²) in [5, 5.41) is 2.57. The van der Waals surface area contributed by atoms with Crippen LogP contribution >= 0.6 is 0 Å². The van der Waals surface area contributed by atoms with Crippen LogP contribution in [0.2, 0.25) is 0 Å². The predicted octanol–water partition coefficient (Wildman–Crippen LogP) is 4.05. The Kier molecular flexibility index (Phi) is 6.09. The smallest absolute Gasteiger partial charge is 0.327 e. The van der Waals surface area contributed by atoms with Crippen LogP contribution in [-0.4, -0.2) is 33.2 Å². The number of nitrogens with one attached hydrogen (secondary N) is 1. The maximum Gasteiger partial charge on any atom is 0.433 e. The normalized spacial score (nSPS) is 19.5. The van der Waals surface area contributed by atoms with Crippen molar-refractivity contribution in [2.75, 3.05) is 11.9 Å². The number of hydrogen-bond donors (Lipinski definition) is 1. The number of hydrogen-bond acceptors (Lipinski definition) is 4. The van der Waals surface area contributed by atoms with Crippen LogP contribution in [0.25, 0.3) is 0 Å². The molecule has 0 spiro atoms. The van der Waals surface area contributed by atoms with Gasteiger partial charge in [0.15, 0.2) is 0 Å². The number of likely N-dealkylation sites (tertiary alicyclic amines) is 1. The van der Waals surface area contributed by atoms with Crippen LogP contribution in [0.15, 0.2) is 30.6 Å². The van der Waals surface area contributed by atoms with Crippen molar-refractivity contribution in [3.8, 4) is 0 Å². The van der Waals surface area contributed by atoms with Crippen molar-refractivity contribution in [2.45, 2.75) is 45.8 Å². The first-order valence-electron chi connectivity index (χ1n) is 9.64. The van der Waals surface area contributed by atoms with E-state index in [0.717, 1.165) is 29.9 Å². The molecule has 9 heteroatoms. The second kappa shape index (κ2) is 8.41. The van der Waals surface area contributed by atoms with Gasteiger partial charge in [0.2, 0.25) is 0 Å². The summed E-state index contributed by atoms with van der Waals surface area (Å²) in [6.45, 7) is 5.99. The molecule has 1 saturated heterocycles. The van der Waals surface area contributed by atoms with Crippen molar-refractivity contribution in [1.29, 1.82) is 0 Å². The Labute approximate surface area is 172 Å². The van der Waals surface area contributed by atoms with Crippen LogP contribution in [0.3, 0.4) is 0 Å². The molecule has 3 heterocycles. The first-order valence-corrected chi connectivity index (χ1v) is 9.64. The van der Waals surface area contributed by atoms with Crippen molar-refractivity contribution in [1.82, 2.24) is 14.9 Å². The molecule has 3 rings (SSSR count). The highest BCUT2D eigenvalue weighted by molar-refractivity contribution is 6.39. The van der Waals surface area contributed by atoms with Gasteiger partial charge < -0.3 is 10.2 Å². The summed E-state index contributed by atoms with van der Waals surface area (Å²) in [5.74, 6) is -1.37. The average Bonchev–Trinajstić information content (AvgIpc) is 2.69. The second-order valence-corrected chi connectivity index (χ2v) is 7.71. The zero-order chi connectivity index (χ0) is 22.1. The van der Waals surface area contributed by atoms with Crippen LogP contribution in [0.5, 0.6) is 0 Å². The van der Waals surface area contributed by atoms with E-state index >= 15 is 0 Å². The van der Waals surface area contributed by atoms with Gasteiger partial charge in [-0.2, -0.15) is 13.2 Å². The molecule has 1 N–H and O–H groups in total. The van der Waals surface area contributed by atoms with Crippen molar-refractivity contribution in [2.24, 2.45) is 5.92 Å². The van der Waals surface area contributed by atoms with E-state index in [1.807, 2.05) is 20.8 Å². The van der Waals surface area contributed by atoms with Gasteiger partial charge in [0, 0.05) is 18.4 Å². The number of carbonyl (C=O) groups is 2. The zero-order valence-electron chi connectivity index (χ0n) is 17.0. The number of anilines is 1. The van der Waals surface area contributed by atoms with Crippen LogP contribution in [0, 0.1) is 19.8 Å². The third-order valence-electron chi connectivity index (χ3n) is 5.33. The van der Waals surface area contributed by atoms with E-state index in [4.69, 9.17) is 0 Å². The minimum atomic E-state index is -4.53. The van der Waals surface area contributed by atoms with E-state index in [1.165, 1.54) is 17.2 Å². The first-order chi connectivity index (χ1) is 14.1. The van der Waals surface area contributed by atoms with Crippen molar-refractivity contribution in [3.05, 3.63) is 53.1 Å². The van der Waals surface area contributed by atoms with Gasteiger partial charge in [0.25, 0.3) is 0 Å². The number of nitrogens with zero attached hydrogens (tertiary/aromatic N) is 3. The SMILES string of the molecule is Cc1cc(NC(=O)C(=O)N2CC(C)CCC2c2ccc(C(F)(F)F)nc2)cnc1C. The molecule has 0 saturated carbocycles. The molecule has 0 bridgehead atoms. The molecular weight excluding hydrogens is 397 g/mol. The molecule has 1 aliphatic rings. The number of alkyl halides is 3. The quantitative estimate of drug-likeness (QED) is 0.744. The van der Waals surface area contributed by atoms with Gasteiger partial charge in [0.1, 0.15) is 5.69 Å². The lowest BCUT2D eigenvalue weighted by Gasteiger charge is -2.38. The molecule has 2 atom stereocenters. The van der Waals surface area contributed by atoms with Gasteiger partial charge >= 0.3 is 18.0 Å². The summed E-state index contributed by atoms with van der Waals surface area (Å²) >= 11 is 0. The number of amides is 2. The summed E-state index contributed by atoms with van der Waals surface area (Å²) in [5.41, 5.74) is 1.59. The van der Waals surface area contributed by atoms with Gasteiger partial charge in [-0.15, -0.1) is 0 Å². The van der Waals surface area contributed by atoms with Gasteiger partial charge in [-0.1, -0.05) is 13.0 Å². The number of pyridine rings is 2. The number of piperidine rings is 1. The summed E-state index contributed by atoms with van der Waals surface area (Å²) in [6, 6.07) is 3.44. The molecule has 2 aromatic rings. The second-order valence-electron chi connectivity index (χ2n) is 7.71. The van der Waals surface area contributed by atoms with E-state index in [0.29, 0.717) is 24.2 Å². The fourth-order valence-corrected chi connectivity index (χ4v) is 3.52. The van der Waals surface area contributed by atoms with Gasteiger partial charge in [0.05, 0.1) is 17.9 Å². The van der Waals surface area contributed by atoms with Gasteiger partial charge in [-0.25, -0.2) is 0 Å². The van der Waals surface area contributed by atoms with Gasteiger partial charge in [-0.05, 0) is 55.9 Å². The van der Waals surface area contributed by atoms with E-state index in [2.05, 4.69) is 15.3 Å². The summed E-state index contributed by atoms with van der Waals surface area (Å²) < 4.78 is 38.4. The number of halogens is 3. The lowest BCUT2D eigenvalue weighted by molar-refractivity contribution is -0.146. The Morgan fingerprint density at radius 1 is 1.13 bits per heavy atom. The first kappa shape index (κ1) is 21.7. The highest BCUT2D eigenvalue weighted by Gasteiger charge is 2.36. The Balaban J connectivity index is 1.80. The maximum absolute atomic E-state index is 12.9. The van der Waals surface area contributed by atoms with Crippen molar-refractivity contribution in [3.63, 3.8) is 0 Å². The molecule has 0 aromatic carbocycles. The minimum absolute atomic E-state index is 0.170. The molecule has 160 valence electrons. The van der Waals surface area contributed by atoms with Crippen molar-refractivity contribution < 1.29 is 22.8 Å². The molecule has 6 nitrogen and oxygen atoms in total. The number of rotatable bonds is 2. The Hall–Kier alpha value is -2.97. The van der Waals surface area contributed by atoms with Gasteiger partial charge in [-0.3, -0.25) is 19.6 Å². The highest BCUT2D eigenvalue weighted by atomic mass is 19.4. The largest absolute Gasteiger partial charge is 0.433 e. The third kappa shape index (κ3) is 4.77. The molecule has 1 aliphatic heterocycles. The Morgan fingerprint density at radius 2 is 1.87 bits per heavy atom. The zero-order valence-corrected chi connectivity index (χ0v) is 17.0. The van der Waals surface area contributed by atoms with Crippen LogP contribution in [0.4, 0.5) is 18.9 Å². The predicted molar refractivity (Wildman–Crippen MR) is 104 cm³/mol. The lowest BCUT2D eigenvalue weighted by atomic mass is 9.90. The van der Waals surface area contributed by atoms with E-state index in [1.54, 1.807) is 6.07 Å². The standard InChI is InChI=1S/C21H23F3N4O2/c1-12-4-6-17(15-5-7-18(26-9-15)21(22,23)24)28(11-12)20(30)19(29)27-16-8-13(2)14(3)25-10-16/h5,7-10,12,17H,4,6,11H2,1-3H3,(H,27,29). The van der Waals surface area contributed by atoms with E-state index < -0.39 is 29.7 Å². The summed E-state index contributed by atoms with van der Waals surface area (Å²) in [6.07, 6.45) is -0.593. The minimum Gasteiger partial charge on any atom is -0.327 e. The third-order valence-corrected chi connectivity index (χ3v) is 5.33. The highest BCUT2D eigenvalue weighted by Crippen LogP contribution is 2.34. The topological polar surface area (TPSA) is 75.2 Å². The monoisotopic (exact) mass is 420 g/mol. The van der Waals surface area contributed by atoms with Crippen LogP contribution in [-0.2, 0) is 15.8 Å². The van der Waals surface area contributed by atoms with Crippen LogP contribution < -0.4 is 5.32 Å². The average molecular weight is 420 g/mol. The Morgan fingerprint density at radius 3 is 2.47 bits per heavy atom. The van der Waals surface area contributed by atoms with Crippen molar-refractivity contribution >= 4 is 17.5 Å². The molecule has 1 fully saturated rings. The van der Waals surface area contributed by atoms with Crippen LogP contribution in [0.1, 0.15) is 48.3 Å². The number of carbonyl (C=O) groups excluding carboxylic acids is 2. The fourth-order valence-electron chi connectivity index (χ4n) is 3.52. The number of aryl methyl sites for hydroxylation is 2. The van der Waals surface area contributed by atoms with E-state index in [-0.39, 0.29) is 5.92 Å². The lowest BCUT2D eigenvalue weighted by Crippen LogP contribution is -2.46. The number of aromatic nitrogens is 2. The Bertz CT molecular complexity index is 944. The van der Waals surface area contributed by atoms with E-state index in [9.17, 15) is 22.8 Å².